The van der Waals surface area contributed by atoms with E-state index >= 15 is 0 Å². The fourth-order valence-corrected chi connectivity index (χ4v) is 5.67. The number of aromatic nitrogens is 1. The number of nitrogens with one attached hydrogen (secondary N) is 2. The van der Waals surface area contributed by atoms with Crippen molar-refractivity contribution in [2.45, 2.75) is 69.2 Å². The van der Waals surface area contributed by atoms with Crippen molar-refractivity contribution < 1.29 is 34.1 Å². The van der Waals surface area contributed by atoms with Crippen molar-refractivity contribution >= 4 is 35.2 Å². The Balaban J connectivity index is 1.39. The monoisotopic (exact) mass is 607 g/mol. The van der Waals surface area contributed by atoms with E-state index in [0.717, 1.165) is 36.0 Å². The number of hydrogen-bond acceptors (Lipinski definition) is 8. The van der Waals surface area contributed by atoms with E-state index in [1.54, 1.807) is 12.3 Å². The van der Waals surface area contributed by atoms with Crippen LogP contribution in [0.2, 0.25) is 0 Å². The van der Waals surface area contributed by atoms with E-state index in [-0.39, 0.29) is 36.2 Å². The Bertz CT molecular complexity index is 1370. The van der Waals surface area contributed by atoms with Gasteiger partial charge in [0.05, 0.1) is 24.4 Å². The number of nitrogens with zero attached hydrogens (tertiary/aromatic N) is 1. The number of carbonyl (C=O) groups is 3. The molecule has 3 atom stereocenters. The first-order valence-corrected chi connectivity index (χ1v) is 15.3. The fraction of sp³-hybridized carbons (Fsp3) is 0.375. The number of thioether (sulfide) groups is 1. The molecule has 0 saturated carbocycles. The van der Waals surface area contributed by atoms with Gasteiger partial charge in [0.25, 0.3) is 0 Å². The quantitative estimate of drug-likeness (QED) is 0.143. The molecule has 10 nitrogen and oxygen atoms in total. The van der Waals surface area contributed by atoms with Crippen LogP contribution in [-0.2, 0) is 25.7 Å². The van der Waals surface area contributed by atoms with Crippen LogP contribution < -0.4 is 10.6 Å². The van der Waals surface area contributed by atoms with Gasteiger partial charge in [0.2, 0.25) is 11.8 Å². The molecule has 0 unspecified atom stereocenters. The van der Waals surface area contributed by atoms with Gasteiger partial charge in [-0.1, -0.05) is 42.8 Å². The van der Waals surface area contributed by atoms with Crippen molar-refractivity contribution in [3.8, 4) is 0 Å². The molecule has 1 fully saturated rings. The van der Waals surface area contributed by atoms with Crippen molar-refractivity contribution in [3.05, 3.63) is 89.1 Å². The summed E-state index contributed by atoms with van der Waals surface area (Å²) < 4.78 is 12.7. The molecule has 2 amide bonds. The van der Waals surface area contributed by atoms with Crippen LogP contribution in [0.4, 0.5) is 5.69 Å². The van der Waals surface area contributed by atoms with E-state index in [1.807, 2.05) is 48.5 Å². The molecule has 2 heterocycles. The van der Waals surface area contributed by atoms with Gasteiger partial charge >= 0.3 is 5.97 Å². The minimum absolute atomic E-state index is 0.0473. The summed E-state index contributed by atoms with van der Waals surface area (Å²) in [6.07, 6.45) is 3.70. The molecular formula is C32H37N3O7S. The van der Waals surface area contributed by atoms with E-state index in [1.165, 1.54) is 24.8 Å². The maximum Gasteiger partial charge on any atom is 0.338 e. The highest BCUT2D eigenvalue weighted by molar-refractivity contribution is 7.99. The summed E-state index contributed by atoms with van der Waals surface area (Å²) in [5, 5.41) is 25.1. The number of ether oxygens (including phenoxy) is 2. The predicted molar refractivity (Wildman–Crippen MR) is 163 cm³/mol. The maximum atomic E-state index is 12.4. The van der Waals surface area contributed by atoms with Crippen molar-refractivity contribution in [2.75, 3.05) is 17.6 Å². The Hall–Kier alpha value is -3.77. The van der Waals surface area contributed by atoms with Crippen LogP contribution in [0.15, 0.2) is 71.9 Å². The van der Waals surface area contributed by atoms with Gasteiger partial charge in [0.15, 0.2) is 6.29 Å². The molecule has 228 valence electrons. The van der Waals surface area contributed by atoms with Gasteiger partial charge in [0, 0.05) is 49.5 Å². The van der Waals surface area contributed by atoms with Gasteiger partial charge in [-0.25, -0.2) is 9.78 Å². The van der Waals surface area contributed by atoms with Crippen LogP contribution in [0, 0.1) is 0 Å². The van der Waals surface area contributed by atoms with Gasteiger partial charge in [-0.05, 0) is 48.2 Å². The molecule has 0 spiro atoms. The zero-order chi connectivity index (χ0) is 30.6. The van der Waals surface area contributed by atoms with Crippen LogP contribution in [0.1, 0.15) is 78.5 Å². The topological polar surface area (TPSA) is 147 Å². The van der Waals surface area contributed by atoms with Gasteiger partial charge < -0.3 is 30.3 Å². The normalized spacial score (nSPS) is 18.1. The Kier molecular flexibility index (Phi) is 12.1. The summed E-state index contributed by atoms with van der Waals surface area (Å²) in [5.74, 6) is -0.680. The number of anilines is 1. The van der Waals surface area contributed by atoms with Crippen LogP contribution in [-0.4, -0.2) is 51.4 Å². The number of amides is 2. The highest BCUT2D eigenvalue weighted by atomic mass is 32.2. The second kappa shape index (κ2) is 16.2. The number of aliphatic hydroxyl groups is 1. The molecule has 1 saturated heterocycles. The zero-order valence-corrected chi connectivity index (χ0v) is 24.8. The van der Waals surface area contributed by atoms with E-state index in [9.17, 15) is 24.6 Å². The smallest absolute Gasteiger partial charge is 0.338 e. The molecule has 0 bridgehead atoms. The minimum atomic E-state index is -1.03. The molecule has 4 rings (SSSR count). The maximum absolute atomic E-state index is 12.4. The third-order valence-electron chi connectivity index (χ3n) is 6.94. The summed E-state index contributed by atoms with van der Waals surface area (Å²) in [7, 11) is 0. The molecule has 1 aliphatic rings. The van der Waals surface area contributed by atoms with Crippen LogP contribution in [0.25, 0.3) is 0 Å². The van der Waals surface area contributed by atoms with Crippen molar-refractivity contribution in [1.29, 1.82) is 0 Å². The summed E-state index contributed by atoms with van der Waals surface area (Å²) in [4.78, 5) is 39.2. The minimum Gasteiger partial charge on any atom is -0.478 e. The highest BCUT2D eigenvalue weighted by Gasteiger charge is 2.32. The van der Waals surface area contributed by atoms with Gasteiger partial charge in [-0.3, -0.25) is 9.59 Å². The summed E-state index contributed by atoms with van der Waals surface area (Å²) in [5.41, 5.74) is 3.35. The largest absolute Gasteiger partial charge is 0.478 e. The molecule has 0 radical (unpaired) electrons. The average molecular weight is 608 g/mol. The van der Waals surface area contributed by atoms with E-state index < -0.39 is 12.3 Å². The average Bonchev–Trinajstić information content (AvgIpc) is 3.02. The Morgan fingerprint density at radius 2 is 1.72 bits per heavy atom. The third-order valence-corrected chi connectivity index (χ3v) is 8.08. The number of unbranched alkanes of at least 4 members (excludes halogenated alkanes) is 2. The molecule has 2 aromatic carbocycles. The Morgan fingerprint density at radius 1 is 0.977 bits per heavy atom. The summed E-state index contributed by atoms with van der Waals surface area (Å²) >= 11 is 1.33. The van der Waals surface area contributed by atoms with Crippen LogP contribution >= 0.6 is 11.8 Å². The molecule has 1 aromatic heterocycles. The molecule has 1 aliphatic heterocycles. The SMILES string of the molecule is CC(=O)NCCCCCC(=O)Nc1ccc([C@@H]2O[C@H](CSc3ncccc3C(=O)O)C[C@H](c3ccc(CO)cc3)O2)cc1. The Labute approximate surface area is 255 Å². The number of pyridine rings is 1. The summed E-state index contributed by atoms with van der Waals surface area (Å²) in [6.45, 7) is 2.05. The molecule has 4 N–H and O–H groups in total. The van der Waals surface area contributed by atoms with Crippen LogP contribution in [0.5, 0.6) is 0 Å². The standard InChI is InChI=1S/C32H37N3O7S/c1-21(37)33-16-4-2-3-7-29(38)35-25-14-12-24(13-15-25)32-41-26(20-43-30-27(31(39)40)6-5-17-34-30)18-28(42-32)23-10-8-22(19-36)9-11-23/h5-6,8-15,17,26,28,32,36H,2-4,7,16,18-20H2,1H3,(H,33,37)(H,35,38)(H,39,40)/t26-,28+,32+/m0/s1. The zero-order valence-electron chi connectivity index (χ0n) is 24.0. The lowest BCUT2D eigenvalue weighted by Crippen LogP contribution is -2.31. The second-order valence-corrected chi connectivity index (χ2v) is 11.3. The third kappa shape index (κ3) is 9.89. The van der Waals surface area contributed by atoms with E-state index in [2.05, 4.69) is 15.6 Å². The number of rotatable bonds is 14. The number of aliphatic hydroxyl groups excluding tert-OH is 1. The molecule has 3 aromatic rings. The first kappa shape index (κ1) is 32.2. The number of hydrogen-bond donors (Lipinski definition) is 4. The van der Waals surface area contributed by atoms with Crippen molar-refractivity contribution in [1.82, 2.24) is 10.3 Å². The lowest BCUT2D eigenvalue weighted by atomic mass is 10.0. The molecular weight excluding hydrogens is 570 g/mol. The summed E-state index contributed by atoms with van der Waals surface area (Å²) in [6, 6.07) is 18.1. The number of benzene rings is 2. The fourth-order valence-electron chi connectivity index (χ4n) is 4.66. The number of aromatic carboxylic acids is 1. The van der Waals surface area contributed by atoms with Gasteiger partial charge in [-0.15, -0.1) is 11.8 Å². The predicted octanol–water partition coefficient (Wildman–Crippen LogP) is 5.24. The number of carboxylic acids is 1. The highest BCUT2D eigenvalue weighted by Crippen LogP contribution is 2.39. The first-order valence-electron chi connectivity index (χ1n) is 14.3. The number of carboxylic acid groups (broad SMARTS) is 1. The lowest BCUT2D eigenvalue weighted by Gasteiger charge is -2.36. The van der Waals surface area contributed by atoms with E-state index in [4.69, 9.17) is 9.47 Å². The van der Waals surface area contributed by atoms with Gasteiger partial charge in [0.1, 0.15) is 5.03 Å². The Morgan fingerprint density at radius 3 is 2.42 bits per heavy atom. The lowest BCUT2D eigenvalue weighted by molar-refractivity contribution is -0.245. The van der Waals surface area contributed by atoms with Gasteiger partial charge in [-0.2, -0.15) is 0 Å². The van der Waals surface area contributed by atoms with E-state index in [0.29, 0.717) is 35.9 Å². The molecule has 43 heavy (non-hydrogen) atoms. The van der Waals surface area contributed by atoms with Crippen molar-refractivity contribution in [3.63, 3.8) is 0 Å². The van der Waals surface area contributed by atoms with Crippen LogP contribution in [0.3, 0.4) is 0 Å². The number of carbonyl (C=O) groups excluding carboxylic acids is 2. The first-order chi connectivity index (χ1) is 20.8. The molecule has 0 aliphatic carbocycles. The molecule has 11 heteroatoms. The van der Waals surface area contributed by atoms with Crippen molar-refractivity contribution in [2.24, 2.45) is 0 Å². The second-order valence-electron chi connectivity index (χ2n) is 10.3.